The number of anilines is 5. The SMILES string of the molecule is CCCCOc1ccc(-c2csc(/N=N/c3ccc(NNc4ccc(NNc5ccc(N6CCCC6)s5)cc4C)cc3C)n2)cc1. The van der Waals surface area contributed by atoms with Crippen LogP contribution in [-0.4, -0.2) is 24.7 Å². The highest BCUT2D eigenvalue weighted by atomic mass is 32.1. The summed E-state index contributed by atoms with van der Waals surface area (Å²) >= 11 is 3.25. The molecule has 3 heterocycles. The number of hydrazine groups is 2. The Labute approximate surface area is 278 Å². The van der Waals surface area contributed by atoms with E-state index in [2.05, 4.69) is 86.0 Å². The van der Waals surface area contributed by atoms with Crippen LogP contribution < -0.4 is 31.3 Å². The Balaban J connectivity index is 0.993. The topological polar surface area (TPSA) is 98.2 Å². The number of thiazole rings is 1. The van der Waals surface area contributed by atoms with Gasteiger partial charge in [-0.1, -0.05) is 24.7 Å². The summed E-state index contributed by atoms with van der Waals surface area (Å²) in [6.45, 7) is 9.32. The summed E-state index contributed by atoms with van der Waals surface area (Å²) in [5.41, 5.74) is 21.1. The van der Waals surface area contributed by atoms with Crippen molar-refractivity contribution in [3.8, 4) is 17.0 Å². The van der Waals surface area contributed by atoms with E-state index in [1.54, 1.807) is 11.3 Å². The van der Waals surface area contributed by atoms with Gasteiger partial charge in [-0.05, 0) is 117 Å². The van der Waals surface area contributed by atoms with E-state index in [1.807, 2.05) is 54.8 Å². The van der Waals surface area contributed by atoms with E-state index < -0.39 is 0 Å². The summed E-state index contributed by atoms with van der Waals surface area (Å²) in [6, 6.07) is 24.6. The summed E-state index contributed by atoms with van der Waals surface area (Å²) in [4.78, 5) is 7.11. The highest BCUT2D eigenvalue weighted by Crippen LogP contribution is 2.33. The molecule has 238 valence electrons. The van der Waals surface area contributed by atoms with E-state index in [9.17, 15) is 0 Å². The molecule has 0 unspecified atom stereocenters. The highest BCUT2D eigenvalue weighted by molar-refractivity contribution is 7.20. The molecule has 2 aromatic heterocycles. The maximum atomic E-state index is 5.77. The number of aryl methyl sites for hydroxylation is 2. The molecule has 0 saturated carbocycles. The number of aromatic nitrogens is 1. The van der Waals surface area contributed by atoms with Gasteiger partial charge < -0.3 is 25.9 Å². The lowest BCUT2D eigenvalue weighted by molar-refractivity contribution is 0.309. The zero-order chi connectivity index (χ0) is 31.7. The first-order chi connectivity index (χ1) is 22.5. The predicted molar refractivity (Wildman–Crippen MR) is 195 cm³/mol. The lowest BCUT2D eigenvalue weighted by Gasteiger charge is -2.15. The first kappa shape index (κ1) is 31.4. The molecule has 0 atom stereocenters. The lowest BCUT2D eigenvalue weighted by Crippen LogP contribution is -2.15. The molecule has 4 N–H and O–H groups in total. The summed E-state index contributed by atoms with van der Waals surface area (Å²) in [5.74, 6) is 0.880. The Hall–Kier alpha value is -4.61. The molecule has 5 aromatic rings. The number of benzene rings is 3. The molecule has 0 aliphatic carbocycles. The lowest BCUT2D eigenvalue weighted by atomic mass is 10.2. The van der Waals surface area contributed by atoms with Crippen molar-refractivity contribution in [2.24, 2.45) is 10.2 Å². The van der Waals surface area contributed by atoms with Gasteiger partial charge in [0.2, 0.25) is 5.13 Å². The molecular weight excluding hydrogens is 613 g/mol. The van der Waals surface area contributed by atoms with Crippen LogP contribution in [0.1, 0.15) is 43.7 Å². The fraction of sp³-hybridized carbons (Fsp3) is 0.286. The fourth-order valence-corrected chi connectivity index (χ4v) is 6.65. The van der Waals surface area contributed by atoms with Crippen LogP contribution in [0.3, 0.4) is 0 Å². The Morgan fingerprint density at radius 3 is 2.35 bits per heavy atom. The number of hydrogen-bond donors (Lipinski definition) is 4. The second-order valence-corrected chi connectivity index (χ2v) is 13.2. The van der Waals surface area contributed by atoms with Gasteiger partial charge in [0, 0.05) is 24.0 Å². The third-order valence-electron chi connectivity index (χ3n) is 7.76. The van der Waals surface area contributed by atoms with Gasteiger partial charge in [-0.15, -0.1) is 21.6 Å². The fourth-order valence-electron chi connectivity index (χ4n) is 5.10. The molecule has 0 amide bonds. The zero-order valence-corrected chi connectivity index (χ0v) is 28.1. The average molecular weight is 653 g/mol. The van der Waals surface area contributed by atoms with E-state index in [4.69, 9.17) is 4.74 Å². The molecule has 0 radical (unpaired) electrons. The molecule has 9 nitrogen and oxygen atoms in total. The molecule has 6 rings (SSSR count). The summed E-state index contributed by atoms with van der Waals surface area (Å²) in [5, 5.41) is 13.9. The molecule has 1 fully saturated rings. The van der Waals surface area contributed by atoms with Gasteiger partial charge in [-0.3, -0.25) is 5.43 Å². The van der Waals surface area contributed by atoms with Crippen LogP contribution >= 0.6 is 22.7 Å². The third kappa shape index (κ3) is 8.15. The molecule has 1 aliphatic rings. The Kier molecular flexibility index (Phi) is 10.3. The van der Waals surface area contributed by atoms with Crippen LogP contribution in [0.15, 0.2) is 88.4 Å². The van der Waals surface area contributed by atoms with Crippen molar-refractivity contribution in [2.45, 2.75) is 46.5 Å². The van der Waals surface area contributed by atoms with Crippen LogP contribution in [0, 0.1) is 13.8 Å². The maximum Gasteiger partial charge on any atom is 0.230 e. The van der Waals surface area contributed by atoms with Crippen LogP contribution in [0.4, 0.5) is 37.9 Å². The predicted octanol–water partition coefficient (Wildman–Crippen LogP) is 10.6. The number of hydrogen-bond acceptors (Lipinski definition) is 11. The normalized spacial score (nSPS) is 12.9. The van der Waals surface area contributed by atoms with E-state index in [-0.39, 0.29) is 0 Å². The molecule has 0 bridgehead atoms. The van der Waals surface area contributed by atoms with Gasteiger partial charge in [-0.25, -0.2) is 4.98 Å². The Morgan fingerprint density at radius 2 is 1.59 bits per heavy atom. The molecule has 11 heteroatoms. The number of ether oxygens (including phenoxy) is 1. The molecular formula is C35H40N8OS2. The van der Waals surface area contributed by atoms with Crippen molar-refractivity contribution in [3.63, 3.8) is 0 Å². The summed E-state index contributed by atoms with van der Waals surface area (Å²) < 4.78 is 5.77. The van der Waals surface area contributed by atoms with Crippen molar-refractivity contribution in [3.05, 3.63) is 89.3 Å². The van der Waals surface area contributed by atoms with Crippen molar-refractivity contribution >= 4 is 60.6 Å². The number of unbranched alkanes of at least 4 members (excludes halogenated alkanes) is 1. The minimum Gasteiger partial charge on any atom is -0.494 e. The van der Waals surface area contributed by atoms with E-state index in [1.165, 1.54) is 29.2 Å². The number of azo groups is 1. The summed E-state index contributed by atoms with van der Waals surface area (Å²) in [6.07, 6.45) is 4.74. The first-order valence-electron chi connectivity index (χ1n) is 15.7. The van der Waals surface area contributed by atoms with Crippen molar-refractivity contribution in [2.75, 3.05) is 46.3 Å². The number of nitrogens with zero attached hydrogens (tertiary/aromatic N) is 4. The van der Waals surface area contributed by atoms with E-state index in [0.717, 1.165) is 88.4 Å². The van der Waals surface area contributed by atoms with Crippen LogP contribution in [0.2, 0.25) is 0 Å². The molecule has 0 spiro atoms. The van der Waals surface area contributed by atoms with Gasteiger partial charge in [0.1, 0.15) is 10.8 Å². The Morgan fingerprint density at radius 1 is 0.826 bits per heavy atom. The second kappa shape index (κ2) is 15.1. The smallest absolute Gasteiger partial charge is 0.230 e. The maximum absolute atomic E-state index is 5.77. The van der Waals surface area contributed by atoms with Gasteiger partial charge in [-0.2, -0.15) is 0 Å². The standard InChI is InChI=1S/C35H40N8OS2/c1-4-5-20-44-29-12-8-26(9-13-29)32-23-45-35(36-32)42-40-31-15-10-27(21-25(31)3)37-39-30-14-11-28(22-24(30)2)38-41-33-16-17-34(46-33)43-18-6-7-19-43/h8-17,21-23,37-39,41H,4-7,18-20H2,1-3H3/b42-40+. The van der Waals surface area contributed by atoms with Gasteiger partial charge in [0.25, 0.3) is 0 Å². The van der Waals surface area contributed by atoms with Crippen molar-refractivity contribution < 1.29 is 4.74 Å². The highest BCUT2D eigenvalue weighted by Gasteiger charge is 2.14. The average Bonchev–Trinajstić information content (AvgIpc) is 3.86. The van der Waals surface area contributed by atoms with Crippen LogP contribution in [0.25, 0.3) is 11.3 Å². The number of nitrogens with one attached hydrogen (secondary N) is 4. The number of rotatable bonds is 14. The van der Waals surface area contributed by atoms with Crippen molar-refractivity contribution in [1.29, 1.82) is 0 Å². The minimum atomic E-state index is 0.618. The largest absolute Gasteiger partial charge is 0.494 e. The molecule has 46 heavy (non-hydrogen) atoms. The first-order valence-corrected chi connectivity index (χ1v) is 17.4. The van der Waals surface area contributed by atoms with E-state index in [0.29, 0.717) is 5.13 Å². The Bertz CT molecular complexity index is 1760. The minimum absolute atomic E-state index is 0.618. The van der Waals surface area contributed by atoms with E-state index >= 15 is 0 Å². The van der Waals surface area contributed by atoms with Crippen LogP contribution in [0.5, 0.6) is 5.75 Å². The number of thiophene rings is 1. The quantitative estimate of drug-likeness (QED) is 0.0538. The van der Waals surface area contributed by atoms with Gasteiger partial charge in [0.15, 0.2) is 0 Å². The second-order valence-electron chi connectivity index (χ2n) is 11.3. The molecule has 1 saturated heterocycles. The third-order valence-corrected chi connectivity index (χ3v) is 9.54. The van der Waals surface area contributed by atoms with Crippen molar-refractivity contribution in [1.82, 2.24) is 4.98 Å². The monoisotopic (exact) mass is 652 g/mol. The molecule has 3 aromatic carbocycles. The van der Waals surface area contributed by atoms with Crippen LogP contribution in [-0.2, 0) is 0 Å². The van der Waals surface area contributed by atoms with Gasteiger partial charge >= 0.3 is 0 Å². The summed E-state index contributed by atoms with van der Waals surface area (Å²) in [7, 11) is 0. The molecule has 1 aliphatic heterocycles. The van der Waals surface area contributed by atoms with Gasteiger partial charge in [0.05, 0.1) is 40.1 Å². The zero-order valence-electron chi connectivity index (χ0n) is 26.5.